The molecule has 1 aromatic carbocycles. The average molecular weight is 342 g/mol. The van der Waals surface area contributed by atoms with Crippen molar-refractivity contribution in [3.05, 3.63) is 52.5 Å². The lowest BCUT2D eigenvalue weighted by Gasteiger charge is -2.06. The maximum absolute atomic E-state index is 12.0. The third kappa shape index (κ3) is 3.82. The van der Waals surface area contributed by atoms with Gasteiger partial charge in [-0.1, -0.05) is 15.9 Å². The molecule has 1 aromatic heterocycles. The van der Waals surface area contributed by atoms with Gasteiger partial charge in [-0.3, -0.25) is 9.97 Å². The van der Waals surface area contributed by atoms with Crippen LogP contribution < -0.4 is 4.72 Å². The van der Waals surface area contributed by atoms with E-state index in [2.05, 4.69) is 30.6 Å². The van der Waals surface area contributed by atoms with Crippen molar-refractivity contribution in [2.24, 2.45) is 0 Å². The zero-order valence-electron chi connectivity index (χ0n) is 10.2. The Balaban J connectivity index is 2.09. The Morgan fingerprint density at radius 2 is 1.84 bits per heavy atom. The summed E-state index contributed by atoms with van der Waals surface area (Å²) in [7, 11) is -3.52. The van der Waals surface area contributed by atoms with E-state index >= 15 is 0 Å². The summed E-state index contributed by atoms with van der Waals surface area (Å²) in [5.41, 5.74) is 1.37. The molecule has 5 nitrogen and oxygen atoms in total. The number of sulfonamides is 1. The van der Waals surface area contributed by atoms with Crippen LogP contribution in [0, 0.1) is 6.92 Å². The molecule has 0 saturated carbocycles. The van der Waals surface area contributed by atoms with Gasteiger partial charge in [-0.2, -0.15) is 0 Å². The van der Waals surface area contributed by atoms with Crippen molar-refractivity contribution < 1.29 is 8.42 Å². The molecule has 0 bridgehead atoms. The minimum atomic E-state index is -3.52. The van der Waals surface area contributed by atoms with E-state index in [0.29, 0.717) is 5.69 Å². The highest BCUT2D eigenvalue weighted by atomic mass is 79.9. The van der Waals surface area contributed by atoms with Crippen molar-refractivity contribution in [3.8, 4) is 0 Å². The van der Waals surface area contributed by atoms with Crippen LogP contribution >= 0.6 is 15.9 Å². The van der Waals surface area contributed by atoms with Crippen molar-refractivity contribution in [2.45, 2.75) is 18.4 Å². The van der Waals surface area contributed by atoms with Gasteiger partial charge in [0, 0.05) is 10.7 Å². The lowest BCUT2D eigenvalue weighted by Crippen LogP contribution is -2.23. The second-order valence-electron chi connectivity index (χ2n) is 3.93. The molecule has 0 fully saturated rings. The first kappa shape index (κ1) is 14.1. The van der Waals surface area contributed by atoms with Crippen LogP contribution in [-0.2, 0) is 16.6 Å². The molecule has 7 heteroatoms. The Hall–Kier alpha value is -1.31. The predicted molar refractivity (Wildman–Crippen MR) is 74.9 cm³/mol. The number of hydrogen-bond donors (Lipinski definition) is 1. The summed E-state index contributed by atoms with van der Waals surface area (Å²) < 4.78 is 27.3. The van der Waals surface area contributed by atoms with Gasteiger partial charge in [0.2, 0.25) is 10.0 Å². The summed E-state index contributed by atoms with van der Waals surface area (Å²) in [5, 5.41) is 0. The van der Waals surface area contributed by atoms with Crippen LogP contribution in [0.1, 0.15) is 11.4 Å². The first-order valence-electron chi connectivity index (χ1n) is 5.50. The fourth-order valence-electron chi connectivity index (χ4n) is 1.38. The Kier molecular flexibility index (Phi) is 4.28. The third-order valence-corrected chi connectivity index (χ3v) is 4.35. The molecule has 0 aliphatic rings. The van der Waals surface area contributed by atoms with E-state index in [1.165, 1.54) is 12.1 Å². The van der Waals surface area contributed by atoms with Gasteiger partial charge in [0.15, 0.2) is 0 Å². The van der Waals surface area contributed by atoms with Crippen molar-refractivity contribution in [1.29, 1.82) is 0 Å². The predicted octanol–water partition coefficient (Wildman–Crippen LogP) is 2.03. The molecule has 0 spiro atoms. The number of halogens is 1. The minimum Gasteiger partial charge on any atom is -0.258 e. The Morgan fingerprint density at radius 1 is 1.16 bits per heavy atom. The van der Waals surface area contributed by atoms with E-state index in [-0.39, 0.29) is 11.4 Å². The lowest BCUT2D eigenvalue weighted by molar-refractivity contribution is 0.580. The molecule has 2 aromatic rings. The molecule has 0 radical (unpaired) electrons. The quantitative estimate of drug-likeness (QED) is 0.923. The van der Waals surface area contributed by atoms with E-state index in [4.69, 9.17) is 0 Å². The summed E-state index contributed by atoms with van der Waals surface area (Å²) in [6.07, 6.45) is 3.16. The highest BCUT2D eigenvalue weighted by molar-refractivity contribution is 9.10. The summed E-state index contributed by atoms with van der Waals surface area (Å²) in [4.78, 5) is 8.37. The maximum atomic E-state index is 12.0. The second-order valence-corrected chi connectivity index (χ2v) is 6.61. The average Bonchev–Trinajstić information content (AvgIpc) is 2.39. The maximum Gasteiger partial charge on any atom is 0.240 e. The highest BCUT2D eigenvalue weighted by Crippen LogP contribution is 2.14. The summed E-state index contributed by atoms with van der Waals surface area (Å²) in [6.45, 7) is 1.94. The molecule has 1 N–H and O–H groups in total. The number of nitrogens with zero attached hydrogens (tertiary/aromatic N) is 2. The second kappa shape index (κ2) is 5.77. The fourth-order valence-corrected chi connectivity index (χ4v) is 2.64. The van der Waals surface area contributed by atoms with Crippen molar-refractivity contribution >= 4 is 26.0 Å². The standard InChI is InChI=1S/C12H12BrN3O2S/c1-9-6-15-11(7-14-9)8-16-19(17,18)12-4-2-10(13)3-5-12/h2-7,16H,8H2,1H3. The van der Waals surface area contributed by atoms with Gasteiger partial charge in [-0.05, 0) is 31.2 Å². The Labute approximate surface area is 120 Å². The molecule has 19 heavy (non-hydrogen) atoms. The van der Waals surface area contributed by atoms with Crippen LogP contribution in [0.4, 0.5) is 0 Å². The molecule has 2 rings (SSSR count). The monoisotopic (exact) mass is 341 g/mol. The van der Waals surface area contributed by atoms with Gasteiger partial charge < -0.3 is 0 Å². The molecule has 1 heterocycles. The third-order valence-electron chi connectivity index (χ3n) is 2.40. The van der Waals surface area contributed by atoms with Crippen molar-refractivity contribution in [3.63, 3.8) is 0 Å². The number of aromatic nitrogens is 2. The smallest absolute Gasteiger partial charge is 0.240 e. The number of hydrogen-bond acceptors (Lipinski definition) is 4. The van der Waals surface area contributed by atoms with E-state index in [0.717, 1.165) is 10.2 Å². The van der Waals surface area contributed by atoms with Gasteiger partial charge in [0.1, 0.15) is 0 Å². The van der Waals surface area contributed by atoms with Crippen molar-refractivity contribution in [2.75, 3.05) is 0 Å². The zero-order chi connectivity index (χ0) is 13.9. The minimum absolute atomic E-state index is 0.117. The molecular weight excluding hydrogens is 330 g/mol. The molecule has 0 aliphatic carbocycles. The van der Waals surface area contributed by atoms with Crippen LogP contribution in [0.2, 0.25) is 0 Å². The molecule has 0 amide bonds. The highest BCUT2D eigenvalue weighted by Gasteiger charge is 2.13. The molecule has 0 saturated heterocycles. The Morgan fingerprint density at radius 3 is 2.42 bits per heavy atom. The largest absolute Gasteiger partial charge is 0.258 e. The van der Waals surface area contributed by atoms with Crippen LogP contribution in [0.15, 0.2) is 46.0 Å². The molecule has 0 unspecified atom stereocenters. The first-order chi connectivity index (χ1) is 8.97. The van der Waals surface area contributed by atoms with Crippen LogP contribution in [0.3, 0.4) is 0 Å². The van der Waals surface area contributed by atoms with Crippen LogP contribution in [-0.4, -0.2) is 18.4 Å². The molecule has 0 aliphatic heterocycles. The lowest BCUT2D eigenvalue weighted by atomic mass is 10.4. The normalized spacial score (nSPS) is 11.5. The van der Waals surface area contributed by atoms with E-state index < -0.39 is 10.0 Å². The number of benzene rings is 1. The first-order valence-corrected chi connectivity index (χ1v) is 7.78. The summed E-state index contributed by atoms with van der Waals surface area (Å²) >= 11 is 3.26. The summed E-state index contributed by atoms with van der Waals surface area (Å²) in [6, 6.07) is 6.43. The van der Waals surface area contributed by atoms with Gasteiger partial charge in [0.05, 0.1) is 29.0 Å². The molecule has 0 atom stereocenters. The number of rotatable bonds is 4. The zero-order valence-corrected chi connectivity index (χ0v) is 12.6. The Bertz CT molecular complexity index is 654. The van der Waals surface area contributed by atoms with Gasteiger partial charge in [0.25, 0.3) is 0 Å². The van der Waals surface area contributed by atoms with Gasteiger partial charge in [-0.25, -0.2) is 13.1 Å². The van der Waals surface area contributed by atoms with Gasteiger partial charge in [-0.15, -0.1) is 0 Å². The molecular formula is C12H12BrN3O2S. The SMILES string of the molecule is Cc1cnc(CNS(=O)(=O)c2ccc(Br)cc2)cn1. The van der Waals surface area contributed by atoms with E-state index in [9.17, 15) is 8.42 Å². The van der Waals surface area contributed by atoms with E-state index in [1.54, 1.807) is 24.5 Å². The van der Waals surface area contributed by atoms with Crippen LogP contribution in [0.25, 0.3) is 0 Å². The fraction of sp³-hybridized carbons (Fsp3) is 0.167. The molecule has 100 valence electrons. The van der Waals surface area contributed by atoms with E-state index in [1.807, 2.05) is 6.92 Å². The van der Waals surface area contributed by atoms with Crippen molar-refractivity contribution in [1.82, 2.24) is 14.7 Å². The van der Waals surface area contributed by atoms with Crippen LogP contribution in [0.5, 0.6) is 0 Å². The topological polar surface area (TPSA) is 72.0 Å². The number of aryl methyl sites for hydroxylation is 1. The summed E-state index contributed by atoms with van der Waals surface area (Å²) in [5.74, 6) is 0. The van der Waals surface area contributed by atoms with Gasteiger partial charge >= 0.3 is 0 Å². The number of nitrogens with one attached hydrogen (secondary N) is 1.